The summed E-state index contributed by atoms with van der Waals surface area (Å²) in [6.07, 6.45) is 1.72. The van der Waals surface area contributed by atoms with Gasteiger partial charge in [0.05, 0.1) is 6.61 Å². The molecule has 2 aromatic rings. The van der Waals surface area contributed by atoms with E-state index in [9.17, 15) is 0 Å². The first-order chi connectivity index (χ1) is 10.2. The van der Waals surface area contributed by atoms with Crippen molar-refractivity contribution in [2.75, 3.05) is 20.3 Å². The van der Waals surface area contributed by atoms with Gasteiger partial charge in [-0.05, 0) is 32.0 Å². The lowest BCUT2D eigenvalue weighted by Gasteiger charge is -2.15. The highest BCUT2D eigenvalue weighted by Crippen LogP contribution is 2.14. The Labute approximate surface area is 124 Å². The van der Waals surface area contributed by atoms with E-state index in [2.05, 4.69) is 27.4 Å². The minimum absolute atomic E-state index is 0.175. The third kappa shape index (κ3) is 4.61. The van der Waals surface area contributed by atoms with Crippen LogP contribution in [0, 0.1) is 6.92 Å². The summed E-state index contributed by atoms with van der Waals surface area (Å²) in [7, 11) is 1.69. The number of methoxy groups -OCH3 is 1. The van der Waals surface area contributed by atoms with Gasteiger partial charge in [0.1, 0.15) is 5.69 Å². The number of nitrogens with zero attached hydrogens (tertiary/aromatic N) is 3. The Morgan fingerprint density at radius 3 is 2.90 bits per heavy atom. The van der Waals surface area contributed by atoms with Gasteiger partial charge in [0.2, 0.25) is 11.7 Å². The summed E-state index contributed by atoms with van der Waals surface area (Å²) in [6, 6.07) is 5.93. The van der Waals surface area contributed by atoms with Gasteiger partial charge in [0.15, 0.2) is 0 Å². The Morgan fingerprint density at radius 2 is 2.19 bits per heavy atom. The van der Waals surface area contributed by atoms with E-state index in [1.165, 1.54) is 0 Å². The number of hydrogen-bond donors (Lipinski definition) is 1. The van der Waals surface area contributed by atoms with Gasteiger partial charge in [-0.3, -0.25) is 0 Å². The first-order valence-electron chi connectivity index (χ1n) is 7.22. The Morgan fingerprint density at radius 1 is 1.33 bits per heavy atom. The van der Waals surface area contributed by atoms with Crippen LogP contribution in [0.25, 0.3) is 11.5 Å². The molecular formula is C15H22N4O2. The standard InChI is InChI=1S/C15H22N4O2/c1-4-8-16-12(10-20-3)9-14-18-15(19-21-14)13-7-5-6-11(2)17-13/h5-7,12,16H,4,8-10H2,1-3H3. The Hall–Kier alpha value is -1.79. The Balaban J connectivity index is 2.04. The molecule has 0 saturated heterocycles. The summed E-state index contributed by atoms with van der Waals surface area (Å²) in [4.78, 5) is 8.81. The third-order valence-corrected chi connectivity index (χ3v) is 3.06. The van der Waals surface area contributed by atoms with E-state index in [1.54, 1.807) is 7.11 Å². The molecule has 0 aliphatic carbocycles. The predicted octanol–water partition coefficient (Wildman–Crippen LogP) is 2.00. The van der Waals surface area contributed by atoms with Gasteiger partial charge in [-0.1, -0.05) is 18.1 Å². The fourth-order valence-electron chi connectivity index (χ4n) is 2.06. The van der Waals surface area contributed by atoms with Crippen molar-refractivity contribution in [3.8, 4) is 11.5 Å². The molecule has 6 nitrogen and oxygen atoms in total. The number of aryl methyl sites for hydroxylation is 1. The summed E-state index contributed by atoms with van der Waals surface area (Å²) in [5.74, 6) is 1.12. The molecule has 0 aromatic carbocycles. The maximum absolute atomic E-state index is 5.32. The average molecular weight is 290 g/mol. The minimum Gasteiger partial charge on any atom is -0.383 e. The van der Waals surface area contributed by atoms with Crippen molar-refractivity contribution >= 4 is 0 Å². The molecule has 2 aromatic heterocycles. The van der Waals surface area contributed by atoms with Gasteiger partial charge in [-0.2, -0.15) is 4.98 Å². The van der Waals surface area contributed by atoms with Crippen LogP contribution < -0.4 is 5.32 Å². The molecule has 0 fully saturated rings. The monoisotopic (exact) mass is 290 g/mol. The largest absolute Gasteiger partial charge is 0.383 e. The highest BCUT2D eigenvalue weighted by molar-refractivity contribution is 5.47. The molecular weight excluding hydrogens is 268 g/mol. The summed E-state index contributed by atoms with van der Waals surface area (Å²) >= 11 is 0. The van der Waals surface area contributed by atoms with Crippen LogP contribution in [0.1, 0.15) is 24.9 Å². The quantitative estimate of drug-likeness (QED) is 0.801. The number of pyridine rings is 1. The fraction of sp³-hybridized carbons (Fsp3) is 0.533. The van der Waals surface area contributed by atoms with Gasteiger partial charge < -0.3 is 14.6 Å². The van der Waals surface area contributed by atoms with E-state index in [0.29, 0.717) is 24.7 Å². The van der Waals surface area contributed by atoms with Crippen molar-refractivity contribution < 1.29 is 9.26 Å². The second-order valence-corrected chi connectivity index (χ2v) is 4.99. The lowest BCUT2D eigenvalue weighted by atomic mass is 10.2. The minimum atomic E-state index is 0.175. The van der Waals surface area contributed by atoms with Crippen LogP contribution in [-0.4, -0.2) is 41.4 Å². The van der Waals surface area contributed by atoms with Gasteiger partial charge in [-0.15, -0.1) is 0 Å². The van der Waals surface area contributed by atoms with E-state index in [1.807, 2.05) is 25.1 Å². The maximum Gasteiger partial charge on any atom is 0.228 e. The van der Waals surface area contributed by atoms with Crippen molar-refractivity contribution in [2.45, 2.75) is 32.7 Å². The van der Waals surface area contributed by atoms with Crippen molar-refractivity contribution in [3.05, 3.63) is 29.8 Å². The number of ether oxygens (including phenoxy) is 1. The number of nitrogens with one attached hydrogen (secondary N) is 1. The molecule has 0 radical (unpaired) electrons. The summed E-state index contributed by atoms with van der Waals surface area (Å²) in [5.41, 5.74) is 1.66. The predicted molar refractivity (Wildman–Crippen MR) is 79.9 cm³/mol. The summed E-state index contributed by atoms with van der Waals surface area (Å²) < 4.78 is 10.5. The molecule has 21 heavy (non-hydrogen) atoms. The molecule has 0 aliphatic heterocycles. The molecule has 114 valence electrons. The van der Waals surface area contributed by atoms with Crippen molar-refractivity contribution in [2.24, 2.45) is 0 Å². The highest BCUT2D eigenvalue weighted by Gasteiger charge is 2.15. The molecule has 2 rings (SSSR count). The molecule has 0 amide bonds. The van der Waals surface area contributed by atoms with Crippen LogP contribution in [0.3, 0.4) is 0 Å². The molecule has 2 heterocycles. The van der Waals surface area contributed by atoms with Crippen LogP contribution in [0.2, 0.25) is 0 Å². The number of aromatic nitrogens is 3. The average Bonchev–Trinajstić information content (AvgIpc) is 2.93. The maximum atomic E-state index is 5.32. The smallest absolute Gasteiger partial charge is 0.228 e. The van der Waals surface area contributed by atoms with Crippen molar-refractivity contribution in [1.29, 1.82) is 0 Å². The third-order valence-electron chi connectivity index (χ3n) is 3.06. The van der Waals surface area contributed by atoms with Gasteiger partial charge in [0.25, 0.3) is 0 Å². The zero-order valence-electron chi connectivity index (χ0n) is 12.8. The van der Waals surface area contributed by atoms with Crippen molar-refractivity contribution in [3.63, 3.8) is 0 Å². The second kappa shape index (κ2) is 7.85. The topological polar surface area (TPSA) is 73.1 Å². The summed E-state index contributed by atoms with van der Waals surface area (Å²) in [5, 5.41) is 7.41. The van der Waals surface area contributed by atoms with Crippen LogP contribution >= 0.6 is 0 Å². The molecule has 0 bridgehead atoms. The molecule has 1 atom stereocenters. The molecule has 6 heteroatoms. The normalized spacial score (nSPS) is 12.5. The van der Waals surface area contributed by atoms with E-state index in [4.69, 9.17) is 9.26 Å². The highest BCUT2D eigenvalue weighted by atomic mass is 16.5. The number of rotatable bonds is 8. The van der Waals surface area contributed by atoms with Gasteiger partial charge in [0, 0.05) is 25.3 Å². The molecule has 1 N–H and O–H groups in total. The lowest BCUT2D eigenvalue weighted by Crippen LogP contribution is -2.35. The van der Waals surface area contributed by atoms with E-state index in [-0.39, 0.29) is 6.04 Å². The van der Waals surface area contributed by atoms with Crippen LogP contribution in [0.4, 0.5) is 0 Å². The van der Waals surface area contributed by atoms with Crippen LogP contribution in [-0.2, 0) is 11.2 Å². The molecule has 0 aliphatic rings. The first kappa shape index (κ1) is 15.6. The zero-order valence-corrected chi connectivity index (χ0v) is 12.8. The van der Waals surface area contributed by atoms with Crippen molar-refractivity contribution in [1.82, 2.24) is 20.4 Å². The molecule has 0 saturated carbocycles. The Bertz CT molecular complexity index is 556. The van der Waals surface area contributed by atoms with Crippen LogP contribution in [0.15, 0.2) is 22.7 Å². The zero-order chi connectivity index (χ0) is 15.1. The summed E-state index contributed by atoms with van der Waals surface area (Å²) in [6.45, 7) is 5.62. The van der Waals surface area contributed by atoms with E-state index in [0.717, 1.165) is 24.4 Å². The number of hydrogen-bond acceptors (Lipinski definition) is 6. The second-order valence-electron chi connectivity index (χ2n) is 4.99. The molecule has 1 unspecified atom stereocenters. The first-order valence-corrected chi connectivity index (χ1v) is 7.22. The SMILES string of the molecule is CCCNC(COC)Cc1nc(-c2cccc(C)n2)no1. The Kier molecular flexibility index (Phi) is 5.83. The van der Waals surface area contributed by atoms with E-state index < -0.39 is 0 Å². The van der Waals surface area contributed by atoms with Gasteiger partial charge in [-0.25, -0.2) is 4.98 Å². The van der Waals surface area contributed by atoms with Gasteiger partial charge >= 0.3 is 0 Å². The molecule has 0 spiro atoms. The lowest BCUT2D eigenvalue weighted by molar-refractivity contribution is 0.161. The van der Waals surface area contributed by atoms with Crippen LogP contribution in [0.5, 0.6) is 0 Å². The fourth-order valence-corrected chi connectivity index (χ4v) is 2.06. The van der Waals surface area contributed by atoms with E-state index >= 15 is 0 Å².